The zero-order valence-corrected chi connectivity index (χ0v) is 21.6. The van der Waals surface area contributed by atoms with Gasteiger partial charge in [0.2, 0.25) is 5.91 Å². The molecule has 1 unspecified atom stereocenters. The Morgan fingerprint density at radius 3 is 2.26 bits per heavy atom. The summed E-state index contributed by atoms with van der Waals surface area (Å²) in [6.45, 7) is 2.24. The largest absolute Gasteiger partial charge is 0.487 e. The van der Waals surface area contributed by atoms with Gasteiger partial charge in [-0.05, 0) is 64.6 Å². The van der Waals surface area contributed by atoms with Crippen molar-refractivity contribution >= 4 is 28.3 Å². The summed E-state index contributed by atoms with van der Waals surface area (Å²) < 4.78 is 6.10. The smallest absolute Gasteiger partial charge is 0.335 e. The minimum atomic E-state index is -0.923. The van der Waals surface area contributed by atoms with Crippen LogP contribution in [0, 0.1) is 0 Å². The Morgan fingerprint density at radius 1 is 0.769 bits per heavy atom. The lowest BCUT2D eigenvalue weighted by Crippen LogP contribution is -2.19. The van der Waals surface area contributed by atoms with Crippen LogP contribution in [0.1, 0.15) is 45.5 Å². The molecule has 1 atom stereocenters. The van der Waals surface area contributed by atoms with Gasteiger partial charge in [0.15, 0.2) is 0 Å². The molecule has 0 spiro atoms. The second-order valence-corrected chi connectivity index (χ2v) is 9.52. The molecule has 1 amide bonds. The van der Waals surface area contributed by atoms with Crippen molar-refractivity contribution in [1.82, 2.24) is 0 Å². The van der Waals surface area contributed by atoms with Gasteiger partial charge in [-0.25, -0.2) is 4.79 Å². The molecule has 2 N–H and O–H groups in total. The van der Waals surface area contributed by atoms with Crippen LogP contribution < -0.4 is 10.1 Å². The quantitative estimate of drug-likeness (QED) is 0.214. The highest BCUT2D eigenvalue weighted by atomic mass is 16.5. The summed E-state index contributed by atoms with van der Waals surface area (Å²) in [4.78, 5) is 24.7. The Hall–Kier alpha value is -4.90. The van der Waals surface area contributed by atoms with E-state index in [0.717, 1.165) is 33.0 Å². The van der Waals surface area contributed by atoms with E-state index in [-0.39, 0.29) is 11.8 Å². The number of rotatable bonds is 9. The van der Waals surface area contributed by atoms with Crippen LogP contribution in [0.15, 0.2) is 115 Å². The van der Waals surface area contributed by atoms with Crippen LogP contribution in [-0.4, -0.2) is 17.0 Å². The van der Waals surface area contributed by atoms with Crippen LogP contribution in [0.3, 0.4) is 0 Å². The number of carboxylic acid groups (broad SMARTS) is 1. The lowest BCUT2D eigenvalue weighted by Gasteiger charge is -2.17. The van der Waals surface area contributed by atoms with E-state index in [9.17, 15) is 14.7 Å². The summed E-state index contributed by atoms with van der Waals surface area (Å²) >= 11 is 0. The van der Waals surface area contributed by atoms with Gasteiger partial charge in [0.05, 0.1) is 17.2 Å². The Labute approximate surface area is 227 Å². The number of amides is 1. The van der Waals surface area contributed by atoms with Crippen molar-refractivity contribution in [3.05, 3.63) is 143 Å². The van der Waals surface area contributed by atoms with Crippen molar-refractivity contribution in [2.45, 2.75) is 25.9 Å². The molecule has 0 saturated carbocycles. The number of benzene rings is 5. The molecule has 39 heavy (non-hydrogen) atoms. The molecule has 0 bridgehead atoms. The Morgan fingerprint density at radius 2 is 1.44 bits per heavy atom. The maximum Gasteiger partial charge on any atom is 0.335 e. The van der Waals surface area contributed by atoms with Gasteiger partial charge in [0, 0.05) is 0 Å². The van der Waals surface area contributed by atoms with Gasteiger partial charge in [-0.15, -0.1) is 0 Å². The number of aromatic carboxylic acids is 1. The minimum Gasteiger partial charge on any atom is -0.487 e. The Kier molecular flexibility index (Phi) is 7.69. The zero-order chi connectivity index (χ0) is 27.2. The summed E-state index contributed by atoms with van der Waals surface area (Å²) in [6.07, 6.45) is 0.535. The van der Waals surface area contributed by atoms with E-state index in [1.54, 1.807) is 12.1 Å². The number of para-hydroxylation sites is 2. The highest BCUT2D eigenvalue weighted by molar-refractivity contribution is 6.00. The fourth-order valence-electron chi connectivity index (χ4n) is 4.72. The zero-order valence-electron chi connectivity index (χ0n) is 21.6. The molecule has 0 aliphatic heterocycles. The van der Waals surface area contributed by atoms with Crippen LogP contribution in [0.2, 0.25) is 0 Å². The molecular weight excluding hydrogens is 486 g/mol. The van der Waals surface area contributed by atoms with Crippen LogP contribution in [0.4, 0.5) is 5.69 Å². The van der Waals surface area contributed by atoms with Crippen molar-refractivity contribution in [2.75, 3.05) is 5.32 Å². The van der Waals surface area contributed by atoms with Gasteiger partial charge >= 0.3 is 5.97 Å². The van der Waals surface area contributed by atoms with Crippen molar-refractivity contribution in [3.63, 3.8) is 0 Å². The summed E-state index contributed by atoms with van der Waals surface area (Å²) in [5, 5.41) is 14.7. The number of nitrogens with one attached hydrogen (secondary N) is 1. The first-order chi connectivity index (χ1) is 19.0. The maximum atomic E-state index is 13.2. The van der Waals surface area contributed by atoms with E-state index in [0.29, 0.717) is 30.0 Å². The molecule has 5 rings (SSSR count). The standard InChI is InChI=1S/C34H29NO4/c1-23(28-14-8-11-26-9-2-4-12-29(26)28)33(36)35-31-15-6-7-16-32(31)39-22-25-19-17-24(18-20-25)21-27-10-3-5-13-30(27)34(37)38/h2-20,23H,21-22H2,1H3,(H,35,36)(H,37,38). The van der Waals surface area contributed by atoms with Crippen LogP contribution in [0.25, 0.3) is 10.8 Å². The summed E-state index contributed by atoms with van der Waals surface area (Å²) in [7, 11) is 0. The minimum absolute atomic E-state index is 0.103. The number of anilines is 1. The molecule has 5 aromatic rings. The Balaban J connectivity index is 1.24. The van der Waals surface area contributed by atoms with Crippen LogP contribution in [0.5, 0.6) is 5.75 Å². The number of hydrogen-bond acceptors (Lipinski definition) is 3. The van der Waals surface area contributed by atoms with Crippen molar-refractivity contribution < 1.29 is 19.4 Å². The molecule has 0 saturated heterocycles. The van der Waals surface area contributed by atoms with Gasteiger partial charge in [-0.2, -0.15) is 0 Å². The molecule has 5 heteroatoms. The van der Waals surface area contributed by atoms with E-state index >= 15 is 0 Å². The highest BCUT2D eigenvalue weighted by Crippen LogP contribution is 2.29. The first-order valence-corrected chi connectivity index (χ1v) is 12.9. The third kappa shape index (κ3) is 5.99. The number of ether oxygens (including phenoxy) is 1. The van der Waals surface area contributed by atoms with E-state index in [1.165, 1.54) is 0 Å². The van der Waals surface area contributed by atoms with Gasteiger partial charge < -0.3 is 15.2 Å². The molecule has 0 aromatic heterocycles. The molecule has 5 aromatic carbocycles. The van der Waals surface area contributed by atoms with Crippen LogP contribution in [-0.2, 0) is 17.8 Å². The number of carboxylic acids is 1. The molecule has 0 heterocycles. The highest BCUT2D eigenvalue weighted by Gasteiger charge is 2.19. The lowest BCUT2D eigenvalue weighted by atomic mass is 9.94. The van der Waals surface area contributed by atoms with Crippen molar-refractivity contribution in [2.24, 2.45) is 0 Å². The van der Waals surface area contributed by atoms with Gasteiger partial charge in [0.25, 0.3) is 0 Å². The Bertz CT molecular complexity index is 1620. The van der Waals surface area contributed by atoms with E-state index in [2.05, 4.69) is 5.32 Å². The summed E-state index contributed by atoms with van der Waals surface area (Å²) in [6, 6.07) is 36.5. The molecule has 0 aliphatic rings. The second kappa shape index (κ2) is 11.7. The van der Waals surface area contributed by atoms with Gasteiger partial charge in [0.1, 0.15) is 12.4 Å². The molecular formula is C34H29NO4. The van der Waals surface area contributed by atoms with Crippen molar-refractivity contribution in [3.8, 4) is 5.75 Å². The topological polar surface area (TPSA) is 75.6 Å². The number of carbonyl (C=O) groups is 2. The fraction of sp³-hybridized carbons (Fsp3) is 0.118. The number of fused-ring (bicyclic) bond motifs is 1. The van der Waals surface area contributed by atoms with E-state index in [4.69, 9.17) is 4.74 Å². The first-order valence-electron chi connectivity index (χ1n) is 12.9. The normalized spacial score (nSPS) is 11.6. The van der Waals surface area contributed by atoms with Gasteiger partial charge in [-0.3, -0.25) is 4.79 Å². The monoisotopic (exact) mass is 515 g/mol. The number of carbonyl (C=O) groups excluding carboxylic acids is 1. The lowest BCUT2D eigenvalue weighted by molar-refractivity contribution is -0.117. The maximum absolute atomic E-state index is 13.2. The molecule has 0 fully saturated rings. The molecule has 194 valence electrons. The van der Waals surface area contributed by atoms with E-state index in [1.807, 2.05) is 110 Å². The second-order valence-electron chi connectivity index (χ2n) is 9.52. The summed E-state index contributed by atoms with van der Waals surface area (Å²) in [5.74, 6) is -0.778. The van der Waals surface area contributed by atoms with E-state index < -0.39 is 5.97 Å². The van der Waals surface area contributed by atoms with Gasteiger partial charge in [-0.1, -0.05) is 97.1 Å². The third-order valence-electron chi connectivity index (χ3n) is 6.89. The summed E-state index contributed by atoms with van der Waals surface area (Å²) in [5.41, 5.74) is 4.68. The predicted octanol–water partition coefficient (Wildman–Crippen LogP) is 7.45. The third-order valence-corrected chi connectivity index (χ3v) is 6.89. The first kappa shape index (κ1) is 25.7. The molecule has 0 aliphatic carbocycles. The van der Waals surface area contributed by atoms with Crippen molar-refractivity contribution in [1.29, 1.82) is 0 Å². The molecule has 0 radical (unpaired) electrons. The fourth-order valence-corrected chi connectivity index (χ4v) is 4.72. The average molecular weight is 516 g/mol. The van der Waals surface area contributed by atoms with Crippen LogP contribution >= 0.6 is 0 Å². The number of hydrogen-bond donors (Lipinski definition) is 2. The average Bonchev–Trinajstić information content (AvgIpc) is 2.97. The SMILES string of the molecule is CC(C(=O)Nc1ccccc1OCc1ccc(Cc2ccccc2C(=O)O)cc1)c1cccc2ccccc12. The predicted molar refractivity (Wildman–Crippen MR) is 154 cm³/mol. The molecule has 5 nitrogen and oxygen atoms in total.